The standard InChI is InChI=1S/C9H9Cl3O3S/c1-16(13,14)15-9(5-10)6-2-3-7(11)8(12)4-6/h2-4,9H,5H2,1H3. The van der Waals surface area contributed by atoms with E-state index in [1.54, 1.807) is 12.1 Å². The Kier molecular flexibility index (Phi) is 4.88. The molecule has 0 radical (unpaired) electrons. The number of halogens is 3. The van der Waals surface area contributed by atoms with Crippen LogP contribution in [0.2, 0.25) is 10.0 Å². The van der Waals surface area contributed by atoms with Gasteiger partial charge in [0.15, 0.2) is 0 Å². The lowest BCUT2D eigenvalue weighted by atomic mass is 10.1. The molecule has 7 heteroatoms. The molecule has 16 heavy (non-hydrogen) atoms. The zero-order valence-electron chi connectivity index (χ0n) is 8.28. The molecule has 90 valence electrons. The Balaban J connectivity index is 3.00. The van der Waals surface area contributed by atoms with Crippen molar-refractivity contribution in [1.82, 2.24) is 0 Å². The van der Waals surface area contributed by atoms with Gasteiger partial charge in [0.1, 0.15) is 6.10 Å². The highest BCUT2D eigenvalue weighted by Crippen LogP contribution is 2.28. The van der Waals surface area contributed by atoms with E-state index in [0.717, 1.165) is 6.26 Å². The van der Waals surface area contributed by atoms with Gasteiger partial charge in [0, 0.05) is 0 Å². The summed E-state index contributed by atoms with van der Waals surface area (Å²) < 4.78 is 26.8. The Morgan fingerprint density at radius 1 is 1.31 bits per heavy atom. The average molecular weight is 304 g/mol. The number of benzene rings is 1. The van der Waals surface area contributed by atoms with Gasteiger partial charge in [0.25, 0.3) is 10.1 Å². The molecule has 0 heterocycles. The molecule has 1 rings (SSSR count). The predicted octanol–water partition coefficient (Wildman–Crippen LogP) is 3.25. The Bertz CT molecular complexity index is 473. The van der Waals surface area contributed by atoms with Crippen molar-refractivity contribution in [3.63, 3.8) is 0 Å². The first-order valence-electron chi connectivity index (χ1n) is 4.22. The molecule has 1 atom stereocenters. The highest BCUT2D eigenvalue weighted by Gasteiger charge is 2.17. The molecule has 3 nitrogen and oxygen atoms in total. The maximum absolute atomic E-state index is 11.0. The summed E-state index contributed by atoms with van der Waals surface area (Å²) in [6, 6.07) is 4.71. The predicted molar refractivity (Wildman–Crippen MR) is 65.9 cm³/mol. The molecule has 1 aromatic carbocycles. The monoisotopic (exact) mass is 302 g/mol. The molecule has 1 aromatic rings. The van der Waals surface area contributed by atoms with Gasteiger partial charge in [-0.3, -0.25) is 4.18 Å². The summed E-state index contributed by atoms with van der Waals surface area (Å²) >= 11 is 17.2. The van der Waals surface area contributed by atoms with E-state index in [9.17, 15) is 8.42 Å². The molecule has 0 aliphatic carbocycles. The van der Waals surface area contributed by atoms with Gasteiger partial charge in [0.05, 0.1) is 22.2 Å². The van der Waals surface area contributed by atoms with E-state index in [2.05, 4.69) is 0 Å². The van der Waals surface area contributed by atoms with Gasteiger partial charge in [-0.15, -0.1) is 11.6 Å². The fourth-order valence-corrected chi connectivity index (χ4v) is 2.32. The van der Waals surface area contributed by atoms with Gasteiger partial charge in [-0.1, -0.05) is 29.3 Å². The van der Waals surface area contributed by atoms with Gasteiger partial charge >= 0.3 is 0 Å². The van der Waals surface area contributed by atoms with Crippen LogP contribution in [0.5, 0.6) is 0 Å². The average Bonchev–Trinajstić information content (AvgIpc) is 2.17. The molecule has 0 aromatic heterocycles. The van der Waals surface area contributed by atoms with Crippen LogP contribution < -0.4 is 0 Å². The van der Waals surface area contributed by atoms with Crippen LogP contribution in [0.15, 0.2) is 18.2 Å². The topological polar surface area (TPSA) is 43.4 Å². The van der Waals surface area contributed by atoms with E-state index in [-0.39, 0.29) is 5.88 Å². The second-order valence-corrected chi connectivity index (χ2v) is 5.84. The molecule has 1 unspecified atom stereocenters. The third-order valence-electron chi connectivity index (χ3n) is 1.75. The van der Waals surface area contributed by atoms with Crippen LogP contribution in [0.1, 0.15) is 11.7 Å². The van der Waals surface area contributed by atoms with Crippen LogP contribution in [0.3, 0.4) is 0 Å². The summed E-state index contributed by atoms with van der Waals surface area (Å²) in [6.45, 7) is 0. The number of hydrogen-bond donors (Lipinski definition) is 0. The number of hydrogen-bond acceptors (Lipinski definition) is 3. The van der Waals surface area contributed by atoms with Crippen LogP contribution in [-0.2, 0) is 14.3 Å². The van der Waals surface area contributed by atoms with Crippen LogP contribution in [0.4, 0.5) is 0 Å². The summed E-state index contributed by atoms with van der Waals surface area (Å²) in [5, 5.41) is 0.712. The largest absolute Gasteiger partial charge is 0.265 e. The Morgan fingerprint density at radius 2 is 1.94 bits per heavy atom. The lowest BCUT2D eigenvalue weighted by Gasteiger charge is -2.14. The van der Waals surface area contributed by atoms with E-state index < -0.39 is 16.2 Å². The summed E-state index contributed by atoms with van der Waals surface area (Å²) in [7, 11) is -3.57. The second kappa shape index (κ2) is 5.56. The third kappa shape index (κ3) is 4.11. The molecule has 0 saturated heterocycles. The molecule has 0 amide bonds. The van der Waals surface area contributed by atoms with Crippen molar-refractivity contribution in [2.24, 2.45) is 0 Å². The molecular weight excluding hydrogens is 295 g/mol. The van der Waals surface area contributed by atoms with Crippen molar-refractivity contribution < 1.29 is 12.6 Å². The maximum Gasteiger partial charge on any atom is 0.265 e. The van der Waals surface area contributed by atoms with Crippen molar-refractivity contribution in [1.29, 1.82) is 0 Å². The molecule has 0 N–H and O–H groups in total. The summed E-state index contributed by atoms with van der Waals surface area (Å²) in [5.74, 6) is 0.00499. The minimum absolute atomic E-state index is 0.00499. The van der Waals surface area contributed by atoms with Crippen LogP contribution in [0, 0.1) is 0 Å². The molecule has 0 fully saturated rings. The van der Waals surface area contributed by atoms with Crippen molar-refractivity contribution in [3.8, 4) is 0 Å². The van der Waals surface area contributed by atoms with Crippen LogP contribution >= 0.6 is 34.8 Å². The Morgan fingerprint density at radius 3 is 2.38 bits per heavy atom. The normalized spacial score (nSPS) is 13.8. The lowest BCUT2D eigenvalue weighted by molar-refractivity contribution is 0.240. The van der Waals surface area contributed by atoms with Gasteiger partial charge < -0.3 is 0 Å². The quantitative estimate of drug-likeness (QED) is 0.633. The number of rotatable bonds is 4. The molecule has 0 aliphatic rings. The molecule has 0 aliphatic heterocycles. The summed E-state index contributed by atoms with van der Waals surface area (Å²) in [5.41, 5.74) is 0.565. The first-order valence-corrected chi connectivity index (χ1v) is 7.33. The fraction of sp³-hybridized carbons (Fsp3) is 0.333. The van der Waals surface area contributed by atoms with E-state index in [0.29, 0.717) is 15.6 Å². The minimum Gasteiger partial charge on any atom is -0.261 e. The third-order valence-corrected chi connectivity index (χ3v) is 3.35. The van der Waals surface area contributed by atoms with E-state index in [1.165, 1.54) is 6.07 Å². The van der Waals surface area contributed by atoms with Crippen molar-refractivity contribution in [2.75, 3.05) is 12.1 Å². The van der Waals surface area contributed by atoms with Crippen molar-refractivity contribution >= 4 is 44.9 Å². The van der Waals surface area contributed by atoms with Crippen LogP contribution in [-0.4, -0.2) is 20.6 Å². The summed E-state index contributed by atoms with van der Waals surface area (Å²) in [6.07, 6.45) is 0.204. The van der Waals surface area contributed by atoms with Gasteiger partial charge in [0.2, 0.25) is 0 Å². The maximum atomic E-state index is 11.0. The number of alkyl halides is 1. The van der Waals surface area contributed by atoms with Crippen LogP contribution in [0.25, 0.3) is 0 Å². The minimum atomic E-state index is -3.57. The second-order valence-electron chi connectivity index (χ2n) is 3.12. The van der Waals surface area contributed by atoms with Gasteiger partial charge in [-0.05, 0) is 17.7 Å². The van der Waals surface area contributed by atoms with E-state index in [4.69, 9.17) is 39.0 Å². The van der Waals surface area contributed by atoms with Gasteiger partial charge in [-0.2, -0.15) is 8.42 Å². The SMILES string of the molecule is CS(=O)(=O)OC(CCl)c1ccc(Cl)c(Cl)c1. The lowest BCUT2D eigenvalue weighted by Crippen LogP contribution is -2.11. The molecule has 0 spiro atoms. The first kappa shape index (κ1) is 14.1. The Hall–Kier alpha value is -0.000000000000000111. The highest BCUT2D eigenvalue weighted by atomic mass is 35.5. The fourth-order valence-electron chi connectivity index (χ4n) is 1.09. The highest BCUT2D eigenvalue weighted by molar-refractivity contribution is 7.86. The molecule has 0 bridgehead atoms. The van der Waals surface area contributed by atoms with E-state index >= 15 is 0 Å². The smallest absolute Gasteiger partial charge is 0.261 e. The Labute approximate surface area is 109 Å². The van der Waals surface area contributed by atoms with Gasteiger partial charge in [-0.25, -0.2) is 0 Å². The zero-order chi connectivity index (χ0) is 12.3. The molecule has 0 saturated carbocycles. The van der Waals surface area contributed by atoms with Crippen molar-refractivity contribution in [3.05, 3.63) is 33.8 Å². The zero-order valence-corrected chi connectivity index (χ0v) is 11.4. The van der Waals surface area contributed by atoms with E-state index in [1.807, 2.05) is 0 Å². The first-order chi connectivity index (χ1) is 7.33. The molecular formula is C9H9Cl3O3S. The van der Waals surface area contributed by atoms with Crippen molar-refractivity contribution in [2.45, 2.75) is 6.10 Å². The summed E-state index contributed by atoms with van der Waals surface area (Å²) in [4.78, 5) is 0.